The fraction of sp³-hybridized carbons (Fsp3) is 0.333. The van der Waals surface area contributed by atoms with Crippen molar-refractivity contribution < 1.29 is 0 Å². The summed E-state index contributed by atoms with van der Waals surface area (Å²) in [6.07, 6.45) is 7.63. The molecule has 2 heteroatoms. The maximum absolute atomic E-state index is 5.22. The molecule has 0 nitrogen and oxygen atoms in total. The zero-order valence-corrected chi connectivity index (χ0v) is 14.9. The van der Waals surface area contributed by atoms with E-state index in [1.165, 1.54) is 41.7 Å². The van der Waals surface area contributed by atoms with Gasteiger partial charge in [0.05, 0.1) is 4.08 Å². The molecule has 1 heterocycles. The molecule has 3 atom stereocenters. The molecule has 0 radical (unpaired) electrons. The predicted octanol–water partition coefficient (Wildman–Crippen LogP) is 6.37. The Morgan fingerprint density at radius 2 is 1.61 bits per heavy atom. The molecule has 1 aliphatic heterocycles. The van der Waals surface area contributed by atoms with Crippen molar-refractivity contribution in [1.82, 2.24) is 0 Å². The average molecular weight is 339 g/mol. The van der Waals surface area contributed by atoms with Crippen molar-refractivity contribution in [1.29, 1.82) is 0 Å². The van der Waals surface area contributed by atoms with Gasteiger partial charge in [0.25, 0.3) is 0 Å². The Hall–Kier alpha value is -1.12. The number of rotatable bonds is 2. The number of hydrogen-bond acceptors (Lipinski definition) is 2. The highest BCUT2D eigenvalue weighted by Gasteiger charge is 2.45. The van der Waals surface area contributed by atoms with Crippen LogP contribution >= 0.6 is 24.4 Å². The van der Waals surface area contributed by atoms with Crippen molar-refractivity contribution in [3.8, 4) is 0 Å². The molecule has 0 spiro atoms. The Morgan fingerprint density at radius 3 is 2.35 bits per heavy atom. The van der Waals surface area contributed by atoms with Gasteiger partial charge in [0, 0.05) is 10.8 Å². The number of hydrogen-bond donors (Lipinski definition) is 1. The highest BCUT2D eigenvalue weighted by atomic mass is 32.2. The monoisotopic (exact) mass is 338 g/mol. The summed E-state index contributed by atoms with van der Waals surface area (Å²) in [6.45, 7) is 0. The Balaban J connectivity index is 1.80. The van der Waals surface area contributed by atoms with Gasteiger partial charge in [-0.05, 0) is 29.9 Å². The van der Waals surface area contributed by atoms with E-state index >= 15 is 0 Å². The zero-order chi connectivity index (χ0) is 15.7. The Morgan fingerprint density at radius 1 is 0.913 bits per heavy atom. The minimum absolute atomic E-state index is 0.0681. The molecule has 3 unspecified atom stereocenters. The van der Waals surface area contributed by atoms with Gasteiger partial charge < -0.3 is 0 Å². The molecule has 0 bridgehead atoms. The first-order valence-corrected chi connectivity index (χ1v) is 9.76. The van der Waals surface area contributed by atoms with Crippen molar-refractivity contribution >= 4 is 29.3 Å². The summed E-state index contributed by atoms with van der Waals surface area (Å²) in [6, 6.07) is 21.8. The van der Waals surface area contributed by atoms with E-state index in [1.54, 1.807) is 0 Å². The SMILES string of the molecule is SC12CCCCC1C(c1ccccc1)C=C(c1ccccc1)S2. The topological polar surface area (TPSA) is 0 Å². The second-order valence-electron chi connectivity index (χ2n) is 6.63. The van der Waals surface area contributed by atoms with Gasteiger partial charge in [0.15, 0.2) is 0 Å². The lowest BCUT2D eigenvalue weighted by atomic mass is 9.75. The summed E-state index contributed by atoms with van der Waals surface area (Å²) in [5, 5.41) is 0. The van der Waals surface area contributed by atoms with Crippen molar-refractivity contribution in [2.24, 2.45) is 5.92 Å². The molecule has 4 rings (SSSR count). The number of benzene rings is 2. The molecule has 0 saturated heterocycles. The van der Waals surface area contributed by atoms with Crippen molar-refractivity contribution in [2.75, 3.05) is 0 Å². The predicted molar refractivity (Wildman–Crippen MR) is 105 cm³/mol. The molecule has 118 valence electrons. The number of thioether (sulfide) groups is 1. The molecule has 0 aromatic heterocycles. The Kier molecular flexibility index (Phi) is 4.29. The summed E-state index contributed by atoms with van der Waals surface area (Å²) in [4.78, 5) is 1.40. The van der Waals surface area contributed by atoms with Gasteiger partial charge in [0.1, 0.15) is 0 Å². The van der Waals surface area contributed by atoms with Gasteiger partial charge in [-0.2, -0.15) is 12.6 Å². The first-order chi connectivity index (χ1) is 11.3. The second kappa shape index (κ2) is 6.41. The third-order valence-electron chi connectivity index (χ3n) is 5.17. The van der Waals surface area contributed by atoms with Gasteiger partial charge in [-0.15, -0.1) is 11.8 Å². The summed E-state index contributed by atoms with van der Waals surface area (Å²) < 4.78 is 0.0681. The minimum Gasteiger partial charge on any atom is -0.161 e. The first kappa shape index (κ1) is 15.4. The molecule has 23 heavy (non-hydrogen) atoms. The molecular formula is C21H22S2. The lowest BCUT2D eigenvalue weighted by molar-refractivity contribution is 0.322. The zero-order valence-electron chi connectivity index (χ0n) is 13.2. The molecule has 0 N–H and O–H groups in total. The average Bonchev–Trinajstić information content (AvgIpc) is 2.61. The van der Waals surface area contributed by atoms with Crippen LogP contribution in [0.2, 0.25) is 0 Å². The minimum atomic E-state index is 0.0681. The summed E-state index contributed by atoms with van der Waals surface area (Å²) in [7, 11) is 0. The lowest BCUT2D eigenvalue weighted by Gasteiger charge is -2.47. The van der Waals surface area contributed by atoms with Crippen LogP contribution in [0.3, 0.4) is 0 Å². The van der Waals surface area contributed by atoms with Crippen LogP contribution in [0.5, 0.6) is 0 Å². The van der Waals surface area contributed by atoms with E-state index < -0.39 is 0 Å². The summed E-state index contributed by atoms with van der Waals surface area (Å²) >= 11 is 7.21. The summed E-state index contributed by atoms with van der Waals surface area (Å²) in [5.41, 5.74) is 2.77. The smallest absolute Gasteiger partial charge is 0.0665 e. The maximum atomic E-state index is 5.22. The molecular weight excluding hydrogens is 316 g/mol. The Labute approximate surface area is 148 Å². The van der Waals surface area contributed by atoms with Crippen LogP contribution < -0.4 is 0 Å². The molecule has 1 fully saturated rings. The van der Waals surface area contributed by atoms with E-state index in [-0.39, 0.29) is 4.08 Å². The quantitative estimate of drug-likeness (QED) is 0.620. The van der Waals surface area contributed by atoms with Crippen LogP contribution in [-0.4, -0.2) is 4.08 Å². The molecule has 0 amide bonds. The number of fused-ring (bicyclic) bond motifs is 1. The van der Waals surface area contributed by atoms with E-state index in [2.05, 4.69) is 66.7 Å². The highest BCUT2D eigenvalue weighted by Crippen LogP contribution is 2.60. The third-order valence-corrected chi connectivity index (χ3v) is 7.45. The van der Waals surface area contributed by atoms with Gasteiger partial charge >= 0.3 is 0 Å². The van der Waals surface area contributed by atoms with Gasteiger partial charge in [-0.25, -0.2) is 0 Å². The number of allylic oxidation sites excluding steroid dienone is 1. The maximum Gasteiger partial charge on any atom is 0.0665 e. The van der Waals surface area contributed by atoms with E-state index in [1.807, 2.05) is 11.8 Å². The van der Waals surface area contributed by atoms with E-state index in [9.17, 15) is 0 Å². The molecule has 2 aromatic carbocycles. The van der Waals surface area contributed by atoms with Crippen LogP contribution in [-0.2, 0) is 0 Å². The fourth-order valence-corrected chi connectivity index (χ4v) is 6.26. The number of thiol groups is 1. The van der Waals surface area contributed by atoms with Crippen molar-refractivity contribution in [2.45, 2.75) is 35.7 Å². The molecule has 1 saturated carbocycles. The molecule has 2 aromatic rings. The van der Waals surface area contributed by atoms with Crippen LogP contribution in [0.1, 0.15) is 42.7 Å². The molecule has 2 aliphatic rings. The van der Waals surface area contributed by atoms with Crippen LogP contribution in [0.4, 0.5) is 0 Å². The van der Waals surface area contributed by atoms with Crippen LogP contribution in [0, 0.1) is 5.92 Å². The van der Waals surface area contributed by atoms with Crippen LogP contribution in [0.15, 0.2) is 66.7 Å². The largest absolute Gasteiger partial charge is 0.161 e. The van der Waals surface area contributed by atoms with Gasteiger partial charge in [-0.1, -0.05) is 79.6 Å². The van der Waals surface area contributed by atoms with Crippen LogP contribution in [0.25, 0.3) is 4.91 Å². The normalized spacial score (nSPS) is 30.4. The lowest BCUT2D eigenvalue weighted by Crippen LogP contribution is -2.38. The van der Waals surface area contributed by atoms with Crippen molar-refractivity contribution in [3.63, 3.8) is 0 Å². The van der Waals surface area contributed by atoms with E-state index in [0.717, 1.165) is 0 Å². The fourth-order valence-electron chi connectivity index (χ4n) is 4.01. The first-order valence-electron chi connectivity index (χ1n) is 8.50. The summed E-state index contributed by atoms with van der Waals surface area (Å²) in [5.74, 6) is 1.10. The molecule has 1 aliphatic carbocycles. The van der Waals surface area contributed by atoms with E-state index in [0.29, 0.717) is 11.8 Å². The highest BCUT2D eigenvalue weighted by molar-refractivity contribution is 8.18. The second-order valence-corrected chi connectivity index (χ2v) is 9.11. The Bertz CT molecular complexity index is 692. The standard InChI is InChI=1S/C21H22S2/c22-21-14-8-7-13-19(21)18(16-9-3-1-4-10-16)15-20(23-21)17-11-5-2-6-12-17/h1-6,9-12,15,18-19,22H,7-8,13-14H2. The van der Waals surface area contributed by atoms with E-state index in [4.69, 9.17) is 12.6 Å². The third kappa shape index (κ3) is 2.99. The van der Waals surface area contributed by atoms with Gasteiger partial charge in [0.2, 0.25) is 0 Å². The van der Waals surface area contributed by atoms with Crippen molar-refractivity contribution in [3.05, 3.63) is 77.9 Å². The van der Waals surface area contributed by atoms with Gasteiger partial charge in [-0.3, -0.25) is 0 Å².